The molecule has 2 rings (SSSR count). The first kappa shape index (κ1) is 17.5. The van der Waals surface area contributed by atoms with E-state index in [2.05, 4.69) is 10.6 Å². The summed E-state index contributed by atoms with van der Waals surface area (Å²) in [7, 11) is 0. The predicted molar refractivity (Wildman–Crippen MR) is 91.0 cm³/mol. The maximum Gasteiger partial charge on any atom is 0.257 e. The minimum atomic E-state index is -0.744. The second-order valence-electron chi connectivity index (χ2n) is 4.84. The van der Waals surface area contributed by atoms with Crippen molar-refractivity contribution in [3.05, 3.63) is 58.9 Å². The van der Waals surface area contributed by atoms with E-state index >= 15 is 0 Å². The number of nitrogens with one attached hydrogen (secondary N) is 2. The van der Waals surface area contributed by atoms with Crippen molar-refractivity contribution < 1.29 is 14.3 Å². The van der Waals surface area contributed by atoms with Gasteiger partial charge in [-0.3, -0.25) is 4.79 Å². The molecule has 0 heterocycles. The topological polar surface area (TPSA) is 61.4 Å². The average Bonchev–Trinajstić information content (AvgIpc) is 2.53. The van der Waals surface area contributed by atoms with E-state index < -0.39 is 17.8 Å². The van der Waals surface area contributed by atoms with Gasteiger partial charge in [-0.15, -0.1) is 11.6 Å². The Bertz CT molecular complexity index is 698. The van der Waals surface area contributed by atoms with Gasteiger partial charge in [-0.2, -0.15) is 0 Å². The van der Waals surface area contributed by atoms with Crippen LogP contribution in [-0.4, -0.2) is 29.5 Å². The van der Waals surface area contributed by atoms with Crippen molar-refractivity contribution in [1.82, 2.24) is 0 Å². The average molecular weight is 357 g/mol. The zero-order chi connectivity index (χ0) is 16.8. The number of rotatable bonds is 6. The number of benzene rings is 2. The Hall–Kier alpha value is -1.82. The van der Waals surface area contributed by atoms with Crippen LogP contribution in [0.3, 0.4) is 0 Å². The number of carbonyl (C=O) groups is 1. The molecule has 4 nitrogen and oxygen atoms in total. The lowest BCUT2D eigenvalue weighted by Gasteiger charge is -2.14. The molecule has 23 heavy (non-hydrogen) atoms. The van der Waals surface area contributed by atoms with Crippen molar-refractivity contribution in [3.8, 4) is 0 Å². The molecule has 7 heteroatoms. The second kappa shape index (κ2) is 8.15. The highest BCUT2D eigenvalue weighted by Crippen LogP contribution is 2.22. The Morgan fingerprint density at radius 2 is 2.04 bits per heavy atom. The van der Waals surface area contributed by atoms with Gasteiger partial charge in [0, 0.05) is 22.9 Å². The molecule has 0 spiro atoms. The molecule has 0 aliphatic carbocycles. The van der Waals surface area contributed by atoms with E-state index in [1.54, 1.807) is 18.2 Å². The third-order valence-corrected chi connectivity index (χ3v) is 3.61. The van der Waals surface area contributed by atoms with Crippen LogP contribution in [0.4, 0.5) is 15.8 Å². The van der Waals surface area contributed by atoms with Crippen molar-refractivity contribution in [2.45, 2.75) is 6.10 Å². The lowest BCUT2D eigenvalue weighted by atomic mass is 10.1. The normalized spacial score (nSPS) is 11.8. The first-order chi connectivity index (χ1) is 11.0. The van der Waals surface area contributed by atoms with E-state index in [0.29, 0.717) is 16.4 Å². The van der Waals surface area contributed by atoms with E-state index in [1.807, 2.05) is 0 Å². The second-order valence-corrected chi connectivity index (χ2v) is 5.59. The highest BCUT2D eigenvalue weighted by Gasteiger charge is 2.14. The van der Waals surface area contributed by atoms with Crippen LogP contribution in [0.15, 0.2) is 42.5 Å². The molecule has 0 radical (unpaired) electrons. The van der Waals surface area contributed by atoms with Crippen molar-refractivity contribution in [1.29, 1.82) is 0 Å². The molecular weight excluding hydrogens is 342 g/mol. The van der Waals surface area contributed by atoms with Crippen molar-refractivity contribution in [2.75, 3.05) is 23.1 Å². The van der Waals surface area contributed by atoms with E-state index in [9.17, 15) is 14.3 Å². The van der Waals surface area contributed by atoms with Crippen LogP contribution >= 0.6 is 23.2 Å². The smallest absolute Gasteiger partial charge is 0.257 e. The maximum atomic E-state index is 13.2. The first-order valence-corrected chi connectivity index (χ1v) is 7.75. The third-order valence-electron chi connectivity index (χ3n) is 3.01. The molecule has 2 aromatic carbocycles. The lowest BCUT2D eigenvalue weighted by Crippen LogP contribution is -2.22. The number of hydrogen-bond acceptors (Lipinski definition) is 3. The molecule has 0 saturated carbocycles. The number of amides is 1. The minimum Gasteiger partial charge on any atom is -0.390 e. The van der Waals surface area contributed by atoms with Crippen LogP contribution < -0.4 is 10.6 Å². The standard InChI is InChI=1S/C16H15Cl2FN2O2/c17-8-13(22)9-20-15-5-4-10(18)6-14(15)16(23)21-12-3-1-2-11(19)7-12/h1-7,13,20,22H,8-9H2,(H,21,23). The molecule has 0 aliphatic heterocycles. The van der Waals surface area contributed by atoms with E-state index in [-0.39, 0.29) is 18.0 Å². The highest BCUT2D eigenvalue weighted by atomic mass is 35.5. The number of halogens is 3. The Labute approximate surface area is 143 Å². The molecule has 0 bridgehead atoms. The number of hydrogen-bond donors (Lipinski definition) is 3. The van der Waals surface area contributed by atoms with Crippen molar-refractivity contribution in [2.24, 2.45) is 0 Å². The van der Waals surface area contributed by atoms with Crippen LogP contribution in [0.5, 0.6) is 0 Å². The minimum absolute atomic E-state index is 0.0748. The van der Waals surface area contributed by atoms with Gasteiger partial charge in [0.2, 0.25) is 0 Å². The molecule has 1 amide bonds. The summed E-state index contributed by atoms with van der Waals surface area (Å²) in [5.41, 5.74) is 1.11. The number of aliphatic hydroxyl groups is 1. The van der Waals surface area contributed by atoms with Gasteiger partial charge in [0.25, 0.3) is 5.91 Å². The summed E-state index contributed by atoms with van der Waals surface area (Å²) in [4.78, 5) is 12.4. The third kappa shape index (κ3) is 5.10. The van der Waals surface area contributed by atoms with E-state index in [0.717, 1.165) is 0 Å². The predicted octanol–water partition coefficient (Wildman–Crippen LogP) is 3.74. The summed E-state index contributed by atoms with van der Waals surface area (Å²) < 4.78 is 13.2. The highest BCUT2D eigenvalue weighted by molar-refractivity contribution is 6.31. The number of alkyl halides is 1. The summed E-state index contributed by atoms with van der Waals surface area (Å²) in [5.74, 6) is -0.816. The van der Waals surface area contributed by atoms with Gasteiger partial charge in [0.05, 0.1) is 17.5 Å². The number of carbonyl (C=O) groups excluding carboxylic acids is 1. The maximum absolute atomic E-state index is 13.2. The molecule has 0 aliphatic rings. The van der Waals surface area contributed by atoms with Gasteiger partial charge in [0.1, 0.15) is 5.82 Å². The fourth-order valence-corrected chi connectivity index (χ4v) is 2.19. The number of anilines is 2. The monoisotopic (exact) mass is 356 g/mol. The van der Waals surface area contributed by atoms with E-state index in [1.165, 1.54) is 24.3 Å². The SMILES string of the molecule is O=C(Nc1cccc(F)c1)c1cc(Cl)ccc1NCC(O)CCl. The molecule has 3 N–H and O–H groups in total. The molecular formula is C16H15Cl2FN2O2. The Morgan fingerprint density at radius 1 is 1.26 bits per heavy atom. The number of aliphatic hydroxyl groups excluding tert-OH is 1. The molecule has 1 unspecified atom stereocenters. The van der Waals surface area contributed by atoms with Crippen molar-refractivity contribution >= 4 is 40.5 Å². The van der Waals surface area contributed by atoms with Crippen LogP contribution in [0.25, 0.3) is 0 Å². The molecule has 0 fully saturated rings. The van der Waals surface area contributed by atoms with Gasteiger partial charge < -0.3 is 15.7 Å². The Morgan fingerprint density at radius 3 is 2.74 bits per heavy atom. The fourth-order valence-electron chi connectivity index (χ4n) is 1.91. The molecule has 2 aromatic rings. The summed E-state index contributed by atoms with van der Waals surface area (Å²) in [6.45, 7) is 0.186. The zero-order valence-corrected chi connectivity index (χ0v) is 13.5. The Balaban J connectivity index is 2.19. The molecule has 0 aromatic heterocycles. The first-order valence-electron chi connectivity index (χ1n) is 6.84. The molecule has 122 valence electrons. The summed E-state index contributed by atoms with van der Waals surface area (Å²) in [5, 5.41) is 15.4. The zero-order valence-electron chi connectivity index (χ0n) is 12.0. The van der Waals surface area contributed by atoms with Crippen LogP contribution in [-0.2, 0) is 0 Å². The Kier molecular flexibility index (Phi) is 6.21. The quantitative estimate of drug-likeness (QED) is 0.691. The van der Waals surface area contributed by atoms with Crippen LogP contribution in [0.2, 0.25) is 5.02 Å². The molecule has 0 saturated heterocycles. The van der Waals surface area contributed by atoms with E-state index in [4.69, 9.17) is 23.2 Å². The van der Waals surface area contributed by atoms with Gasteiger partial charge in [-0.1, -0.05) is 17.7 Å². The lowest BCUT2D eigenvalue weighted by molar-refractivity contribution is 0.102. The summed E-state index contributed by atoms with van der Waals surface area (Å²) in [6, 6.07) is 10.3. The van der Waals surface area contributed by atoms with Gasteiger partial charge >= 0.3 is 0 Å². The molecule has 1 atom stereocenters. The summed E-state index contributed by atoms with van der Waals surface area (Å²) in [6.07, 6.45) is -0.744. The largest absolute Gasteiger partial charge is 0.390 e. The van der Waals surface area contributed by atoms with Gasteiger partial charge in [0.15, 0.2) is 0 Å². The summed E-state index contributed by atoms with van der Waals surface area (Å²) >= 11 is 11.5. The van der Waals surface area contributed by atoms with Crippen LogP contribution in [0, 0.1) is 5.82 Å². The fraction of sp³-hybridized carbons (Fsp3) is 0.188. The van der Waals surface area contributed by atoms with Gasteiger partial charge in [-0.25, -0.2) is 4.39 Å². The van der Waals surface area contributed by atoms with Gasteiger partial charge in [-0.05, 0) is 36.4 Å². The van der Waals surface area contributed by atoms with Crippen molar-refractivity contribution in [3.63, 3.8) is 0 Å². The van der Waals surface area contributed by atoms with Crippen LogP contribution in [0.1, 0.15) is 10.4 Å².